The number of H-pyrrole nitrogens is 1. The van der Waals surface area contributed by atoms with E-state index < -0.39 is 5.54 Å². The van der Waals surface area contributed by atoms with Gasteiger partial charge in [0, 0.05) is 56.9 Å². The van der Waals surface area contributed by atoms with Crippen molar-refractivity contribution in [2.75, 3.05) is 39.9 Å². The highest BCUT2D eigenvalue weighted by Crippen LogP contribution is 2.38. The van der Waals surface area contributed by atoms with Gasteiger partial charge in [0.05, 0.1) is 6.61 Å². The van der Waals surface area contributed by atoms with E-state index in [-0.39, 0.29) is 11.9 Å². The highest BCUT2D eigenvalue weighted by Gasteiger charge is 2.57. The first-order chi connectivity index (χ1) is 16.6. The lowest BCUT2D eigenvalue weighted by Gasteiger charge is -2.42. The van der Waals surface area contributed by atoms with E-state index >= 15 is 0 Å². The largest absolute Gasteiger partial charge is 0.383 e. The summed E-state index contributed by atoms with van der Waals surface area (Å²) >= 11 is 0. The lowest BCUT2D eigenvalue weighted by molar-refractivity contribution is -0.135. The number of hydrogen-bond donors (Lipinski definition) is 1. The molecule has 0 radical (unpaired) electrons. The first-order valence-corrected chi connectivity index (χ1v) is 12.1. The molecule has 0 aliphatic carbocycles. The van der Waals surface area contributed by atoms with Crippen LogP contribution in [0.2, 0.25) is 0 Å². The van der Waals surface area contributed by atoms with Crippen LogP contribution in [0.3, 0.4) is 0 Å². The van der Waals surface area contributed by atoms with Crippen LogP contribution in [0.5, 0.6) is 0 Å². The fraction of sp³-hybridized carbons (Fsp3) is 0.407. The number of rotatable bonds is 8. The van der Waals surface area contributed by atoms with E-state index in [1.165, 1.54) is 15.8 Å². The van der Waals surface area contributed by atoms with E-state index in [0.29, 0.717) is 39.0 Å². The molecule has 3 amide bonds. The first kappa shape index (κ1) is 22.6. The summed E-state index contributed by atoms with van der Waals surface area (Å²) in [7, 11) is 1.63. The molecule has 1 N–H and O–H groups in total. The number of carbonyl (C=O) groups excluding carboxylic acids is 2. The Bertz CT molecular complexity index is 1150. The number of aromatic nitrogens is 1. The third-order valence-electron chi connectivity index (χ3n) is 7.36. The number of fused-ring (bicyclic) bond motifs is 1. The number of carbonyl (C=O) groups is 2. The molecule has 0 unspecified atom stereocenters. The van der Waals surface area contributed by atoms with Gasteiger partial charge < -0.3 is 14.6 Å². The van der Waals surface area contributed by atoms with Gasteiger partial charge in [-0.25, -0.2) is 4.79 Å². The second-order valence-corrected chi connectivity index (χ2v) is 9.29. The van der Waals surface area contributed by atoms with Gasteiger partial charge in [-0.2, -0.15) is 0 Å². The smallest absolute Gasteiger partial charge is 0.327 e. The zero-order chi connectivity index (χ0) is 23.5. The van der Waals surface area contributed by atoms with Crippen molar-refractivity contribution in [1.29, 1.82) is 0 Å². The van der Waals surface area contributed by atoms with E-state index in [0.717, 1.165) is 30.7 Å². The Morgan fingerprint density at radius 3 is 2.47 bits per heavy atom. The average molecular weight is 461 g/mol. The molecule has 3 aromatic rings. The molecule has 2 aliphatic heterocycles. The van der Waals surface area contributed by atoms with E-state index in [1.54, 1.807) is 12.0 Å². The summed E-state index contributed by atoms with van der Waals surface area (Å²) in [5, 5.41) is 1.24. The number of likely N-dealkylation sites (tertiary alicyclic amines) is 1. The van der Waals surface area contributed by atoms with Crippen LogP contribution in [-0.4, -0.2) is 77.1 Å². The minimum Gasteiger partial charge on any atom is -0.383 e. The Hall–Kier alpha value is -3.16. The standard InChI is InChI=1S/C27H32N4O3/c1-34-18-17-31-26(33)30(14-11-21-7-3-2-4-8-21)25(32)27(31)12-15-29(16-13-27)20-22-19-28-24-10-6-5-9-23(22)24/h2-10,19,28H,11-18,20H2,1H3. The van der Waals surface area contributed by atoms with Crippen molar-refractivity contribution in [2.24, 2.45) is 0 Å². The van der Waals surface area contributed by atoms with Crippen molar-refractivity contribution < 1.29 is 14.3 Å². The lowest BCUT2D eigenvalue weighted by atomic mass is 9.85. The van der Waals surface area contributed by atoms with Gasteiger partial charge in [0.25, 0.3) is 5.91 Å². The van der Waals surface area contributed by atoms with Gasteiger partial charge in [-0.1, -0.05) is 48.5 Å². The number of methoxy groups -OCH3 is 1. The lowest BCUT2D eigenvalue weighted by Crippen LogP contribution is -2.57. The summed E-state index contributed by atoms with van der Waals surface area (Å²) in [6, 6.07) is 18.2. The SMILES string of the molecule is COCCN1C(=O)N(CCc2ccccc2)C(=O)C12CCN(Cc1c[nH]c3ccccc13)CC2. The fourth-order valence-corrected chi connectivity index (χ4v) is 5.43. The molecule has 2 aliphatic rings. The van der Waals surface area contributed by atoms with Crippen molar-refractivity contribution in [3.63, 3.8) is 0 Å². The van der Waals surface area contributed by atoms with Crippen LogP contribution in [0, 0.1) is 0 Å². The highest BCUT2D eigenvalue weighted by molar-refractivity contribution is 6.07. The van der Waals surface area contributed by atoms with Crippen LogP contribution in [0.1, 0.15) is 24.0 Å². The Morgan fingerprint density at radius 2 is 1.71 bits per heavy atom. The zero-order valence-corrected chi connectivity index (χ0v) is 19.7. The van der Waals surface area contributed by atoms with Crippen molar-refractivity contribution >= 4 is 22.8 Å². The van der Waals surface area contributed by atoms with Crippen molar-refractivity contribution in [1.82, 2.24) is 19.7 Å². The second-order valence-electron chi connectivity index (χ2n) is 9.29. The molecular formula is C27H32N4O3. The maximum atomic E-state index is 13.7. The van der Waals surface area contributed by atoms with Crippen LogP contribution < -0.4 is 0 Å². The minimum absolute atomic E-state index is 0.0451. The Labute approximate surface area is 200 Å². The topological polar surface area (TPSA) is 68.9 Å². The van der Waals surface area contributed by atoms with Crippen molar-refractivity contribution in [2.45, 2.75) is 31.3 Å². The molecule has 7 heteroatoms. The first-order valence-electron chi connectivity index (χ1n) is 12.1. The average Bonchev–Trinajstić information content (AvgIpc) is 3.36. The monoisotopic (exact) mass is 460 g/mol. The normalized spacial score (nSPS) is 18.5. The third kappa shape index (κ3) is 4.10. The van der Waals surface area contributed by atoms with E-state index in [2.05, 4.69) is 34.3 Å². The Morgan fingerprint density at radius 1 is 0.971 bits per heavy atom. The molecule has 1 aromatic heterocycles. The van der Waals surface area contributed by atoms with Gasteiger partial charge >= 0.3 is 6.03 Å². The molecule has 178 valence electrons. The minimum atomic E-state index is -0.761. The van der Waals surface area contributed by atoms with Crippen molar-refractivity contribution in [3.05, 3.63) is 71.9 Å². The predicted molar refractivity (Wildman–Crippen MR) is 131 cm³/mol. The van der Waals surface area contributed by atoms with Crippen LogP contribution in [-0.2, 0) is 22.5 Å². The molecule has 3 heterocycles. The Balaban J connectivity index is 1.30. The van der Waals surface area contributed by atoms with Gasteiger partial charge in [0.1, 0.15) is 5.54 Å². The van der Waals surface area contributed by atoms with Gasteiger partial charge in [0.2, 0.25) is 0 Å². The summed E-state index contributed by atoms with van der Waals surface area (Å²) < 4.78 is 5.28. The summed E-state index contributed by atoms with van der Waals surface area (Å²) in [5.41, 5.74) is 2.77. The Kier molecular flexibility index (Phi) is 6.39. The number of benzene rings is 2. The zero-order valence-electron chi connectivity index (χ0n) is 19.7. The number of piperidine rings is 1. The number of hydrogen-bond acceptors (Lipinski definition) is 4. The molecule has 34 heavy (non-hydrogen) atoms. The van der Waals surface area contributed by atoms with Gasteiger partial charge in [0.15, 0.2) is 0 Å². The number of amides is 3. The fourth-order valence-electron chi connectivity index (χ4n) is 5.43. The van der Waals surface area contributed by atoms with Crippen LogP contribution in [0.4, 0.5) is 4.79 Å². The predicted octanol–water partition coefficient (Wildman–Crippen LogP) is 3.66. The molecule has 1 spiro atoms. The van der Waals surface area contributed by atoms with E-state index in [9.17, 15) is 9.59 Å². The molecular weight excluding hydrogens is 428 g/mol. The maximum Gasteiger partial charge on any atom is 0.327 e. The maximum absolute atomic E-state index is 13.7. The van der Waals surface area contributed by atoms with Crippen LogP contribution in [0.15, 0.2) is 60.8 Å². The van der Waals surface area contributed by atoms with E-state index in [1.807, 2.05) is 36.4 Å². The number of imide groups is 1. The molecule has 2 fully saturated rings. The molecule has 2 saturated heterocycles. The van der Waals surface area contributed by atoms with Crippen LogP contribution >= 0.6 is 0 Å². The number of nitrogens with zero attached hydrogens (tertiary/aromatic N) is 3. The highest BCUT2D eigenvalue weighted by atomic mass is 16.5. The number of nitrogens with one attached hydrogen (secondary N) is 1. The van der Waals surface area contributed by atoms with E-state index in [4.69, 9.17) is 4.74 Å². The molecule has 0 atom stereocenters. The quantitative estimate of drug-likeness (QED) is 0.521. The molecule has 7 nitrogen and oxygen atoms in total. The number of urea groups is 1. The molecule has 5 rings (SSSR count). The summed E-state index contributed by atoms with van der Waals surface area (Å²) in [5.74, 6) is -0.0451. The molecule has 2 aromatic carbocycles. The van der Waals surface area contributed by atoms with Gasteiger partial charge in [-0.05, 0) is 36.5 Å². The van der Waals surface area contributed by atoms with Crippen LogP contribution in [0.25, 0.3) is 10.9 Å². The number of ether oxygens (including phenoxy) is 1. The third-order valence-corrected chi connectivity index (χ3v) is 7.36. The second kappa shape index (κ2) is 9.60. The number of aromatic amines is 1. The number of para-hydroxylation sites is 1. The van der Waals surface area contributed by atoms with Crippen molar-refractivity contribution in [3.8, 4) is 0 Å². The molecule has 0 bridgehead atoms. The van der Waals surface area contributed by atoms with Gasteiger partial charge in [-0.15, -0.1) is 0 Å². The summed E-state index contributed by atoms with van der Waals surface area (Å²) in [6.07, 6.45) is 4.03. The molecule has 0 saturated carbocycles. The summed E-state index contributed by atoms with van der Waals surface area (Å²) in [6.45, 7) is 3.64. The summed E-state index contributed by atoms with van der Waals surface area (Å²) in [4.78, 5) is 36.0. The van der Waals surface area contributed by atoms with Gasteiger partial charge in [-0.3, -0.25) is 14.6 Å².